The quantitative estimate of drug-likeness (QED) is 0.0874. The van der Waals surface area contributed by atoms with E-state index in [9.17, 15) is 28.8 Å². The number of benzene rings is 4. The first-order valence-corrected chi connectivity index (χ1v) is 30.5. The molecule has 5 atom stereocenters. The van der Waals surface area contributed by atoms with Gasteiger partial charge in [0.2, 0.25) is 11.8 Å². The maximum absolute atomic E-state index is 13.0. The molecule has 8 heterocycles. The van der Waals surface area contributed by atoms with Crippen LogP contribution < -0.4 is 20.6 Å². The van der Waals surface area contributed by atoms with E-state index in [0.717, 1.165) is 26.6 Å². The number of halogens is 4. The number of aromatic nitrogens is 4. The fraction of sp³-hybridized carbons (Fsp3) is 0.241. The van der Waals surface area contributed by atoms with Crippen LogP contribution in [0.2, 0.25) is 20.1 Å². The summed E-state index contributed by atoms with van der Waals surface area (Å²) >= 11 is 31.0. The van der Waals surface area contributed by atoms with Crippen molar-refractivity contribution >= 4 is 138 Å². The van der Waals surface area contributed by atoms with Crippen LogP contribution >= 0.6 is 92.6 Å². The number of aromatic amines is 2. The second-order valence-corrected chi connectivity index (χ2v) is 25.4. The Morgan fingerprint density at radius 1 is 0.650 bits per heavy atom. The number of ketones is 2. The van der Waals surface area contributed by atoms with Crippen molar-refractivity contribution in [3.8, 4) is 34.3 Å². The molecule has 80 heavy (non-hydrogen) atoms. The number of nitrogens with zero attached hydrogens (tertiary/aromatic N) is 4. The van der Waals surface area contributed by atoms with Gasteiger partial charge in [0.15, 0.2) is 0 Å². The van der Waals surface area contributed by atoms with Gasteiger partial charge in [0.05, 0.1) is 61.6 Å². The highest BCUT2D eigenvalue weighted by molar-refractivity contribution is 8.02. The molecule has 0 bridgehead atoms. The van der Waals surface area contributed by atoms with Gasteiger partial charge < -0.3 is 29.2 Å². The molecule has 0 radical (unpaired) electrons. The molecule has 2 fully saturated rings. The summed E-state index contributed by atoms with van der Waals surface area (Å²) in [5, 5.41) is 8.47. The molecule has 408 valence electrons. The lowest BCUT2D eigenvalue weighted by Crippen LogP contribution is -2.64. The molecule has 2 saturated heterocycles. The van der Waals surface area contributed by atoms with Gasteiger partial charge in [-0.15, -0.1) is 46.2 Å². The van der Waals surface area contributed by atoms with Crippen LogP contribution in [0.4, 0.5) is 0 Å². The Labute approximate surface area is 494 Å². The monoisotopic (exact) mass is 1220 g/mol. The molecule has 4 aliphatic heterocycles. The second-order valence-electron chi connectivity index (χ2n) is 19.5. The SMILES string of the molecule is CC1=C(COc2ccc(Cl)cc2-c2nc3ccc(Cl)cc3c(=O)[nH]2)CSC2C(CC(=O)Cc3cccs3)C(=O)N12.CC1C(COc2ccc(Cl)cc2-c2nc3ccc(Cl)cc3c(=O)[nH]2)=CSC2C(CC(=O)Cc3cccs3)C(=O)N12. The molecule has 22 heteroatoms. The predicted molar refractivity (Wildman–Crippen MR) is 320 cm³/mol. The van der Waals surface area contributed by atoms with Crippen molar-refractivity contribution in [2.45, 2.75) is 56.3 Å². The van der Waals surface area contributed by atoms with Crippen LogP contribution in [-0.4, -0.2) is 88.9 Å². The molecule has 4 aromatic carbocycles. The lowest BCUT2D eigenvalue weighted by Gasteiger charge is -2.52. The third-order valence-electron chi connectivity index (χ3n) is 14.3. The van der Waals surface area contributed by atoms with Crippen molar-refractivity contribution in [1.82, 2.24) is 29.7 Å². The van der Waals surface area contributed by atoms with Crippen molar-refractivity contribution in [3.63, 3.8) is 0 Å². The molecule has 14 nitrogen and oxygen atoms in total. The molecule has 4 aliphatic rings. The summed E-state index contributed by atoms with van der Waals surface area (Å²) in [6.07, 6.45) is 1.27. The summed E-state index contributed by atoms with van der Waals surface area (Å²) in [4.78, 5) is 97.2. The minimum atomic E-state index is -0.320. The van der Waals surface area contributed by atoms with E-state index in [1.54, 1.807) is 124 Å². The van der Waals surface area contributed by atoms with Gasteiger partial charge in [-0.25, -0.2) is 9.97 Å². The lowest BCUT2D eigenvalue weighted by molar-refractivity contribution is -0.155. The highest BCUT2D eigenvalue weighted by Gasteiger charge is 2.53. The standard InChI is InChI=1S/2C29H23Cl2N3O4S2/c2*1-15-16(14-40-29-23(28(37)34(15)29)12-19(35)11-20-3-2-8-39-20)13-38-25-7-5-18(31)10-22(25)26-32-24-6-4-17(30)9-21(24)27(36)33-26/h2-10,23,29H,11-14H2,1H3,(H,32,33,36);2-10,14-15,23,29H,11-13H2,1H3,(H,32,33,36). The number of β-lactam (4-membered cyclic amide) rings is 2. The van der Waals surface area contributed by atoms with Crippen LogP contribution in [0, 0.1) is 11.8 Å². The molecule has 0 aliphatic carbocycles. The van der Waals surface area contributed by atoms with E-state index in [4.69, 9.17) is 55.9 Å². The summed E-state index contributed by atoms with van der Waals surface area (Å²) in [7, 11) is 0. The third kappa shape index (κ3) is 11.6. The summed E-state index contributed by atoms with van der Waals surface area (Å²) in [6, 6.07) is 27.8. The van der Waals surface area contributed by atoms with E-state index in [0.29, 0.717) is 94.8 Å². The number of thioether (sulfide) groups is 2. The largest absolute Gasteiger partial charge is 0.488 e. The Morgan fingerprint density at radius 2 is 1.15 bits per heavy atom. The zero-order valence-corrected chi connectivity index (χ0v) is 48.8. The molecule has 5 unspecified atom stereocenters. The first-order valence-electron chi connectivity index (χ1n) is 25.2. The van der Waals surface area contributed by atoms with Crippen molar-refractivity contribution in [2.24, 2.45) is 11.8 Å². The summed E-state index contributed by atoms with van der Waals surface area (Å²) in [5.74, 6) is 1.91. The van der Waals surface area contributed by atoms with Crippen molar-refractivity contribution in [1.29, 1.82) is 0 Å². The van der Waals surface area contributed by atoms with Gasteiger partial charge in [0.25, 0.3) is 11.1 Å². The zero-order chi connectivity index (χ0) is 55.9. The number of carbonyl (C=O) groups is 4. The van der Waals surface area contributed by atoms with Crippen LogP contribution in [0.15, 0.2) is 140 Å². The molecule has 12 rings (SSSR count). The Balaban J connectivity index is 0.000000169. The van der Waals surface area contributed by atoms with Crippen molar-refractivity contribution in [2.75, 3.05) is 19.0 Å². The number of allylic oxidation sites excluding steroid dienone is 1. The molecule has 0 spiro atoms. The highest BCUT2D eigenvalue weighted by Crippen LogP contribution is 2.47. The van der Waals surface area contributed by atoms with Gasteiger partial charge in [-0.05, 0) is 126 Å². The van der Waals surface area contributed by atoms with Gasteiger partial charge in [-0.2, -0.15) is 0 Å². The number of thiophene rings is 2. The van der Waals surface area contributed by atoms with Gasteiger partial charge in [0, 0.05) is 67.0 Å². The predicted octanol–water partition coefficient (Wildman–Crippen LogP) is 12.7. The van der Waals surface area contributed by atoms with E-state index >= 15 is 0 Å². The molecule has 2 N–H and O–H groups in total. The first kappa shape index (κ1) is 55.7. The number of rotatable bonds is 16. The van der Waals surface area contributed by atoms with Gasteiger partial charge in [-0.1, -0.05) is 58.5 Å². The molecular weight excluding hydrogens is 1180 g/mol. The van der Waals surface area contributed by atoms with Gasteiger partial charge >= 0.3 is 0 Å². The topological polar surface area (TPSA) is 185 Å². The van der Waals surface area contributed by atoms with Crippen LogP contribution in [0.25, 0.3) is 44.6 Å². The van der Waals surface area contributed by atoms with Crippen molar-refractivity contribution < 1.29 is 28.7 Å². The first-order chi connectivity index (χ1) is 38.6. The number of H-pyrrole nitrogens is 2. The van der Waals surface area contributed by atoms with Gasteiger partial charge in [-0.3, -0.25) is 28.8 Å². The Kier molecular flexibility index (Phi) is 16.5. The second kappa shape index (κ2) is 23.7. The van der Waals surface area contributed by atoms with Crippen molar-refractivity contribution in [3.05, 3.63) is 181 Å². The normalized spacial score (nSPS) is 19.4. The smallest absolute Gasteiger partial charge is 0.259 e. The van der Waals surface area contributed by atoms with Crippen LogP contribution in [0.3, 0.4) is 0 Å². The number of hydrogen-bond acceptors (Lipinski definition) is 14. The van der Waals surface area contributed by atoms with E-state index in [-0.39, 0.29) is 89.2 Å². The summed E-state index contributed by atoms with van der Waals surface area (Å²) < 4.78 is 12.4. The number of hydrogen-bond donors (Lipinski definition) is 2. The van der Waals surface area contributed by atoms with E-state index in [1.165, 1.54) is 0 Å². The van der Waals surface area contributed by atoms with Crippen LogP contribution in [0.5, 0.6) is 11.5 Å². The Hall–Kier alpha value is -6.22. The zero-order valence-electron chi connectivity index (χ0n) is 42.5. The number of fused-ring (bicyclic) bond motifs is 4. The van der Waals surface area contributed by atoms with Crippen LogP contribution in [-0.2, 0) is 32.0 Å². The number of Topliss-reactive ketones (excluding diaryl/α,β-unsaturated/α-hetero) is 2. The number of carbonyl (C=O) groups excluding carboxylic acids is 4. The highest BCUT2D eigenvalue weighted by atomic mass is 35.5. The Bertz CT molecular complexity index is 3910. The molecule has 8 aromatic rings. The minimum absolute atomic E-state index is 0.000328. The molecular formula is C58H46Cl4N6O8S4. The summed E-state index contributed by atoms with van der Waals surface area (Å²) in [5.41, 5.74) is 4.23. The van der Waals surface area contributed by atoms with E-state index in [2.05, 4.69) is 19.9 Å². The fourth-order valence-electron chi connectivity index (χ4n) is 10.0. The molecule has 0 saturated carbocycles. The maximum Gasteiger partial charge on any atom is 0.259 e. The minimum Gasteiger partial charge on any atom is -0.488 e. The maximum atomic E-state index is 13.0. The third-order valence-corrected chi connectivity index (χ3v) is 19.6. The fourth-order valence-corrected chi connectivity index (χ4v) is 15.1. The summed E-state index contributed by atoms with van der Waals surface area (Å²) in [6.45, 7) is 4.37. The lowest BCUT2D eigenvalue weighted by atomic mass is 9.88. The number of amides is 2. The average Bonchev–Trinajstić information content (AvgIpc) is 4.22. The van der Waals surface area contributed by atoms with E-state index < -0.39 is 0 Å². The van der Waals surface area contributed by atoms with E-state index in [1.807, 2.05) is 59.2 Å². The molecule has 4 aromatic heterocycles. The van der Waals surface area contributed by atoms with Crippen LogP contribution in [0.1, 0.15) is 36.4 Å². The molecule has 2 amide bonds. The number of nitrogens with one attached hydrogen (secondary N) is 2. The average molecular weight is 1230 g/mol. The Morgan fingerprint density at radius 3 is 1.68 bits per heavy atom. The van der Waals surface area contributed by atoms with Gasteiger partial charge in [0.1, 0.15) is 47.9 Å². The number of ether oxygens (including phenoxy) is 2.